The van der Waals surface area contributed by atoms with Crippen molar-refractivity contribution in [3.63, 3.8) is 0 Å². The monoisotopic (exact) mass is 737 g/mol. The van der Waals surface area contributed by atoms with Gasteiger partial charge in [-0.25, -0.2) is 4.79 Å². The Hall–Kier alpha value is -1.53. The molecule has 6 heterocycles. The summed E-state index contributed by atoms with van der Waals surface area (Å²) in [5.74, 6) is 0.816. The van der Waals surface area contributed by atoms with Crippen LogP contribution in [-0.2, 0) is 15.1 Å². The molecule has 0 spiro atoms. The maximum atomic E-state index is 12.4. The van der Waals surface area contributed by atoms with Gasteiger partial charge in [0.25, 0.3) is 0 Å². The van der Waals surface area contributed by atoms with Crippen LogP contribution < -0.4 is 5.32 Å². The van der Waals surface area contributed by atoms with Gasteiger partial charge >= 0.3 is 6.09 Å². The van der Waals surface area contributed by atoms with Crippen molar-refractivity contribution in [2.75, 3.05) is 104 Å². The number of pyridine rings is 1. The van der Waals surface area contributed by atoms with E-state index in [1.54, 1.807) is 11.1 Å². The number of hydrogen-bond donors (Lipinski definition) is 2. The van der Waals surface area contributed by atoms with E-state index in [-0.39, 0.29) is 11.7 Å². The summed E-state index contributed by atoms with van der Waals surface area (Å²) < 4.78 is 12.0. The average Bonchev–Trinajstić information content (AvgIpc) is 3.99. The quantitative estimate of drug-likeness (QED) is 0.188. The lowest BCUT2D eigenvalue weighted by Crippen LogP contribution is -2.48. The summed E-state index contributed by atoms with van der Waals surface area (Å²) in [5.41, 5.74) is 0.277. The number of aromatic nitrogens is 1. The second kappa shape index (κ2) is 25.5. The number of halogens is 1. The molecule has 5 aliphatic heterocycles. The molecular weight excluding hydrogens is 664 g/mol. The van der Waals surface area contributed by atoms with Crippen LogP contribution in [0.5, 0.6) is 0 Å². The molecule has 1 amide bonds. The molecule has 0 aromatic carbocycles. The van der Waals surface area contributed by atoms with Gasteiger partial charge in [-0.2, -0.15) is 0 Å². The van der Waals surface area contributed by atoms with E-state index in [1.165, 1.54) is 110 Å². The zero-order chi connectivity index (χ0) is 36.6. The fourth-order valence-corrected chi connectivity index (χ4v) is 7.42. The lowest BCUT2D eigenvalue weighted by Gasteiger charge is -2.42. The maximum absolute atomic E-state index is 12.4. The van der Waals surface area contributed by atoms with E-state index in [2.05, 4.69) is 31.1 Å². The predicted octanol–water partition coefficient (Wildman–Crippen LogP) is 6.36. The first-order chi connectivity index (χ1) is 24.7. The Morgan fingerprint density at radius 1 is 0.824 bits per heavy atom. The number of aliphatic hydroxyl groups excluding tert-OH is 1. The first-order valence-electron chi connectivity index (χ1n) is 20.3. The third-order valence-corrected chi connectivity index (χ3v) is 10.5. The summed E-state index contributed by atoms with van der Waals surface area (Å²) in [5, 5.41) is 11.7. The highest BCUT2D eigenvalue weighted by atomic mass is 35.5. The number of likely N-dealkylation sites (tertiary alicyclic amines) is 4. The largest absolute Gasteiger partial charge is 0.444 e. The Morgan fingerprint density at radius 2 is 1.35 bits per heavy atom. The van der Waals surface area contributed by atoms with Crippen LogP contribution in [-0.4, -0.2) is 146 Å². The number of nitrogens with zero attached hydrogens (tertiary/aromatic N) is 5. The number of hydrogen-bond acceptors (Lipinski definition) is 9. The SMILES string of the molecule is C1CCNC1.CC(C)(C)OC(=O)N1CCC(OCCCN2CCCC2)(c2cccnc2)CC1.ClCCCN1CCCC1.OCCCN1CCCC1. The summed E-state index contributed by atoms with van der Waals surface area (Å²) in [4.78, 5) is 25.9. The second-order valence-corrected chi connectivity index (χ2v) is 16.0. The Balaban J connectivity index is 0.000000244. The molecule has 6 rings (SSSR count). The predicted molar refractivity (Wildman–Crippen MR) is 210 cm³/mol. The van der Waals surface area contributed by atoms with Crippen LogP contribution in [0.2, 0.25) is 0 Å². The van der Waals surface area contributed by atoms with Crippen LogP contribution in [0.15, 0.2) is 24.5 Å². The summed E-state index contributed by atoms with van der Waals surface area (Å²) >= 11 is 5.55. The van der Waals surface area contributed by atoms with Crippen molar-refractivity contribution in [1.29, 1.82) is 0 Å². The zero-order valence-electron chi connectivity index (χ0n) is 32.6. The summed E-state index contributed by atoms with van der Waals surface area (Å²) in [6.07, 6.45) is 19.0. The van der Waals surface area contributed by atoms with Crippen LogP contribution >= 0.6 is 11.6 Å². The molecule has 2 N–H and O–H groups in total. The van der Waals surface area contributed by atoms with Gasteiger partial charge in [0, 0.05) is 63.2 Å². The summed E-state index contributed by atoms with van der Waals surface area (Å²) in [7, 11) is 0. The number of rotatable bonds is 12. The summed E-state index contributed by atoms with van der Waals surface area (Å²) in [6.45, 7) is 21.5. The molecule has 11 heteroatoms. The van der Waals surface area contributed by atoms with Gasteiger partial charge in [0.05, 0.1) is 5.60 Å². The molecule has 0 aliphatic carbocycles. The van der Waals surface area contributed by atoms with Crippen LogP contribution in [0.25, 0.3) is 0 Å². The smallest absolute Gasteiger partial charge is 0.410 e. The molecule has 51 heavy (non-hydrogen) atoms. The lowest BCUT2D eigenvalue weighted by molar-refractivity contribution is -0.0919. The van der Waals surface area contributed by atoms with Gasteiger partial charge in [-0.1, -0.05) is 6.07 Å². The number of aliphatic hydroxyl groups is 1. The molecule has 294 valence electrons. The third kappa shape index (κ3) is 18.4. The molecule has 10 nitrogen and oxygen atoms in total. The Kier molecular flexibility index (Phi) is 21.9. The first-order valence-corrected chi connectivity index (χ1v) is 20.8. The summed E-state index contributed by atoms with van der Waals surface area (Å²) in [6, 6.07) is 4.06. The van der Waals surface area contributed by atoms with Gasteiger partial charge in [-0.3, -0.25) is 4.98 Å². The van der Waals surface area contributed by atoms with Gasteiger partial charge in [-0.05, 0) is 169 Å². The van der Waals surface area contributed by atoms with E-state index in [0.717, 1.165) is 63.2 Å². The molecule has 0 radical (unpaired) electrons. The van der Waals surface area contributed by atoms with E-state index >= 15 is 0 Å². The molecule has 5 fully saturated rings. The van der Waals surface area contributed by atoms with E-state index in [4.69, 9.17) is 26.2 Å². The number of amides is 1. The minimum absolute atomic E-state index is 0.235. The van der Waals surface area contributed by atoms with Gasteiger partial charge in [0.1, 0.15) is 5.60 Å². The number of nitrogens with one attached hydrogen (secondary N) is 1. The Labute approximate surface area is 315 Å². The van der Waals surface area contributed by atoms with Crippen LogP contribution in [0.3, 0.4) is 0 Å². The molecular formula is C40H73ClN6O4. The lowest BCUT2D eigenvalue weighted by atomic mass is 9.85. The van der Waals surface area contributed by atoms with Crippen molar-refractivity contribution in [2.45, 2.75) is 115 Å². The van der Waals surface area contributed by atoms with Gasteiger partial charge < -0.3 is 39.5 Å². The van der Waals surface area contributed by atoms with Crippen molar-refractivity contribution in [2.24, 2.45) is 0 Å². The maximum Gasteiger partial charge on any atom is 0.410 e. The molecule has 0 atom stereocenters. The highest BCUT2D eigenvalue weighted by Gasteiger charge is 2.39. The average molecular weight is 738 g/mol. The molecule has 0 bridgehead atoms. The highest BCUT2D eigenvalue weighted by molar-refractivity contribution is 6.17. The van der Waals surface area contributed by atoms with E-state index in [0.29, 0.717) is 19.7 Å². The topological polar surface area (TPSA) is 93.6 Å². The van der Waals surface area contributed by atoms with Gasteiger partial charge in [0.2, 0.25) is 0 Å². The fraction of sp³-hybridized carbons (Fsp3) is 0.850. The van der Waals surface area contributed by atoms with Gasteiger partial charge in [-0.15, -0.1) is 11.6 Å². The Morgan fingerprint density at radius 3 is 1.78 bits per heavy atom. The van der Waals surface area contributed by atoms with Crippen LogP contribution in [0.4, 0.5) is 4.79 Å². The molecule has 0 unspecified atom stereocenters. The number of alkyl halides is 1. The van der Waals surface area contributed by atoms with E-state index in [1.807, 2.05) is 33.0 Å². The van der Waals surface area contributed by atoms with Crippen molar-refractivity contribution < 1.29 is 19.4 Å². The number of carbonyl (C=O) groups excluding carboxylic acids is 1. The molecule has 1 aromatic heterocycles. The zero-order valence-corrected chi connectivity index (χ0v) is 33.4. The standard InChI is InChI=1S/C22H35N3O3.C7H14ClN.C7H15NO.C4H9N/c1-21(2,3)28-20(26)25-15-9-22(10-16-25,19-8-6-11-23-18-19)27-17-7-14-24-12-4-5-13-24;8-4-3-7-9-5-1-2-6-9;9-7-3-6-8-4-1-2-5-8;1-2-4-5-3-1/h6,8,11,18H,4-5,7,9-10,12-17H2,1-3H3;1-7H2;9H,1-7H2;5H,1-4H2. The first kappa shape index (κ1) is 43.9. The van der Waals surface area contributed by atoms with E-state index < -0.39 is 5.60 Å². The minimum atomic E-state index is -0.471. The van der Waals surface area contributed by atoms with Crippen molar-refractivity contribution in [3.8, 4) is 0 Å². The van der Waals surface area contributed by atoms with Gasteiger partial charge in [0.15, 0.2) is 0 Å². The van der Waals surface area contributed by atoms with Crippen molar-refractivity contribution in [1.82, 2.24) is 29.9 Å². The number of carbonyl (C=O) groups is 1. The second-order valence-electron chi connectivity index (χ2n) is 15.6. The van der Waals surface area contributed by atoms with Crippen molar-refractivity contribution >= 4 is 17.7 Å². The minimum Gasteiger partial charge on any atom is -0.444 e. The third-order valence-electron chi connectivity index (χ3n) is 10.2. The number of piperidine rings is 1. The fourth-order valence-electron chi connectivity index (χ4n) is 7.30. The molecule has 0 saturated carbocycles. The van der Waals surface area contributed by atoms with E-state index in [9.17, 15) is 4.79 Å². The van der Waals surface area contributed by atoms with Crippen molar-refractivity contribution in [3.05, 3.63) is 30.1 Å². The number of ether oxygens (including phenoxy) is 2. The normalized spacial score (nSPS) is 20.9. The molecule has 1 aromatic rings. The molecule has 5 saturated heterocycles. The Bertz CT molecular complexity index is 974. The molecule has 5 aliphatic rings. The highest BCUT2D eigenvalue weighted by Crippen LogP contribution is 2.37. The van der Waals surface area contributed by atoms with Crippen LogP contribution in [0, 0.1) is 0 Å². The van der Waals surface area contributed by atoms with Crippen LogP contribution in [0.1, 0.15) is 110 Å².